The van der Waals surface area contributed by atoms with Crippen molar-refractivity contribution in [2.75, 3.05) is 24.5 Å². The van der Waals surface area contributed by atoms with Gasteiger partial charge in [0, 0.05) is 36.8 Å². The highest BCUT2D eigenvalue weighted by atomic mass is 16.2. The number of rotatable bonds is 6. The van der Waals surface area contributed by atoms with Gasteiger partial charge in [0.1, 0.15) is 0 Å². The van der Waals surface area contributed by atoms with Crippen molar-refractivity contribution in [1.29, 1.82) is 0 Å². The van der Waals surface area contributed by atoms with E-state index < -0.39 is 0 Å². The zero-order chi connectivity index (χ0) is 17.6. The van der Waals surface area contributed by atoms with E-state index in [9.17, 15) is 9.59 Å². The molecule has 2 N–H and O–H groups in total. The summed E-state index contributed by atoms with van der Waals surface area (Å²) in [5.41, 5.74) is 2.65. The summed E-state index contributed by atoms with van der Waals surface area (Å²) in [7, 11) is 0. The lowest BCUT2D eigenvalue weighted by Gasteiger charge is -2.17. The minimum atomic E-state index is -0.0918. The average molecular weight is 337 g/mol. The number of carbonyl (C=O) groups excluding carboxylic acids is 2. The molecule has 1 unspecified atom stereocenters. The number of anilines is 1. The molecule has 2 aromatic rings. The standard InChI is InChI=1S/C20H23N3O2/c1-2-15(16-6-4-3-5-7-16)14-22-19(24)17-8-10-18(11-9-17)23-13-12-21-20(23)25/h3-11,15H,2,12-14H2,1H3,(H,21,25)(H,22,24). The molecule has 0 aliphatic carbocycles. The normalized spacial score (nSPS) is 14.9. The Kier molecular flexibility index (Phi) is 5.33. The van der Waals surface area contributed by atoms with Crippen molar-refractivity contribution in [3.63, 3.8) is 0 Å². The van der Waals surface area contributed by atoms with Gasteiger partial charge < -0.3 is 10.6 Å². The maximum absolute atomic E-state index is 12.4. The average Bonchev–Trinajstić information content (AvgIpc) is 3.09. The van der Waals surface area contributed by atoms with Gasteiger partial charge in [0.05, 0.1) is 0 Å². The molecule has 5 nitrogen and oxygen atoms in total. The number of amides is 3. The monoisotopic (exact) mass is 337 g/mol. The molecule has 0 spiro atoms. The minimum absolute atomic E-state index is 0.0909. The molecule has 0 saturated carbocycles. The van der Waals surface area contributed by atoms with Crippen LogP contribution in [-0.4, -0.2) is 31.6 Å². The largest absolute Gasteiger partial charge is 0.351 e. The van der Waals surface area contributed by atoms with E-state index in [4.69, 9.17) is 0 Å². The molecular formula is C20H23N3O2. The Hall–Kier alpha value is -2.82. The van der Waals surface area contributed by atoms with Gasteiger partial charge in [-0.15, -0.1) is 0 Å². The second-order valence-electron chi connectivity index (χ2n) is 6.16. The molecule has 1 saturated heterocycles. The number of hydrogen-bond donors (Lipinski definition) is 2. The lowest BCUT2D eigenvalue weighted by atomic mass is 9.96. The molecule has 1 atom stereocenters. The molecule has 1 aliphatic heterocycles. The van der Waals surface area contributed by atoms with E-state index in [1.54, 1.807) is 17.0 Å². The summed E-state index contributed by atoms with van der Waals surface area (Å²) >= 11 is 0. The second kappa shape index (κ2) is 7.83. The third-order valence-electron chi connectivity index (χ3n) is 4.57. The van der Waals surface area contributed by atoms with Crippen LogP contribution in [0, 0.1) is 0 Å². The van der Waals surface area contributed by atoms with Crippen molar-refractivity contribution >= 4 is 17.6 Å². The van der Waals surface area contributed by atoms with Crippen LogP contribution in [0.4, 0.5) is 10.5 Å². The van der Waals surface area contributed by atoms with Gasteiger partial charge >= 0.3 is 6.03 Å². The summed E-state index contributed by atoms with van der Waals surface area (Å²) in [5, 5.41) is 5.78. The van der Waals surface area contributed by atoms with E-state index in [1.807, 2.05) is 30.3 Å². The number of nitrogens with one attached hydrogen (secondary N) is 2. The van der Waals surface area contributed by atoms with Crippen molar-refractivity contribution < 1.29 is 9.59 Å². The smallest absolute Gasteiger partial charge is 0.321 e. The van der Waals surface area contributed by atoms with Crippen LogP contribution in [-0.2, 0) is 0 Å². The molecule has 1 aliphatic rings. The van der Waals surface area contributed by atoms with Crippen molar-refractivity contribution in [3.8, 4) is 0 Å². The van der Waals surface area contributed by atoms with Gasteiger partial charge in [-0.3, -0.25) is 9.69 Å². The van der Waals surface area contributed by atoms with Crippen LogP contribution in [0.25, 0.3) is 0 Å². The van der Waals surface area contributed by atoms with Crippen LogP contribution in [0.3, 0.4) is 0 Å². The van der Waals surface area contributed by atoms with E-state index in [0.29, 0.717) is 31.1 Å². The van der Waals surface area contributed by atoms with Crippen LogP contribution >= 0.6 is 0 Å². The second-order valence-corrected chi connectivity index (χ2v) is 6.16. The molecule has 1 heterocycles. The van der Waals surface area contributed by atoms with E-state index in [1.165, 1.54) is 5.56 Å². The molecule has 1 fully saturated rings. The highest BCUT2D eigenvalue weighted by Crippen LogP contribution is 2.19. The fourth-order valence-corrected chi connectivity index (χ4v) is 3.05. The van der Waals surface area contributed by atoms with Crippen molar-refractivity contribution in [1.82, 2.24) is 10.6 Å². The Balaban J connectivity index is 1.60. The van der Waals surface area contributed by atoms with Crippen molar-refractivity contribution in [2.24, 2.45) is 0 Å². The topological polar surface area (TPSA) is 61.4 Å². The first-order valence-electron chi connectivity index (χ1n) is 8.67. The SMILES string of the molecule is CCC(CNC(=O)c1ccc(N2CCNC2=O)cc1)c1ccccc1. The molecule has 3 rings (SSSR count). The molecule has 2 aromatic carbocycles. The first kappa shape index (κ1) is 17.0. The first-order chi connectivity index (χ1) is 12.2. The third-order valence-corrected chi connectivity index (χ3v) is 4.57. The van der Waals surface area contributed by atoms with Gasteiger partial charge in [0.2, 0.25) is 0 Å². The van der Waals surface area contributed by atoms with E-state index in [2.05, 4.69) is 29.7 Å². The van der Waals surface area contributed by atoms with Crippen molar-refractivity contribution in [3.05, 3.63) is 65.7 Å². The minimum Gasteiger partial charge on any atom is -0.351 e. The fraction of sp³-hybridized carbons (Fsp3) is 0.300. The van der Waals surface area contributed by atoms with E-state index >= 15 is 0 Å². The first-order valence-corrected chi connectivity index (χ1v) is 8.67. The lowest BCUT2D eigenvalue weighted by molar-refractivity contribution is 0.0951. The third kappa shape index (κ3) is 3.99. The number of benzene rings is 2. The Morgan fingerprint density at radius 3 is 2.48 bits per heavy atom. The molecule has 0 bridgehead atoms. The highest BCUT2D eigenvalue weighted by molar-refractivity contribution is 5.97. The molecule has 130 valence electrons. The fourth-order valence-electron chi connectivity index (χ4n) is 3.05. The Morgan fingerprint density at radius 1 is 1.16 bits per heavy atom. The summed E-state index contributed by atoms with van der Waals surface area (Å²) in [6.07, 6.45) is 0.966. The van der Waals surface area contributed by atoms with Crippen LogP contribution in [0.1, 0.15) is 35.2 Å². The summed E-state index contributed by atoms with van der Waals surface area (Å²) in [4.78, 5) is 25.7. The number of hydrogen-bond acceptors (Lipinski definition) is 2. The predicted molar refractivity (Wildman–Crippen MR) is 99.0 cm³/mol. The summed E-state index contributed by atoms with van der Waals surface area (Å²) in [5.74, 6) is 0.213. The molecule has 3 amide bonds. The Bertz CT molecular complexity index is 728. The molecule has 25 heavy (non-hydrogen) atoms. The Morgan fingerprint density at radius 2 is 1.88 bits per heavy atom. The van der Waals surface area contributed by atoms with Crippen LogP contribution in [0.15, 0.2) is 54.6 Å². The molecule has 0 aromatic heterocycles. The van der Waals surface area contributed by atoms with Gasteiger partial charge in [0.15, 0.2) is 0 Å². The van der Waals surface area contributed by atoms with Crippen molar-refractivity contribution in [2.45, 2.75) is 19.3 Å². The van der Waals surface area contributed by atoms with E-state index in [-0.39, 0.29) is 11.9 Å². The molecule has 5 heteroatoms. The van der Waals surface area contributed by atoms with Gasteiger partial charge in [-0.25, -0.2) is 4.79 Å². The number of urea groups is 1. The van der Waals surface area contributed by atoms with Gasteiger partial charge in [-0.2, -0.15) is 0 Å². The molecule has 0 radical (unpaired) electrons. The zero-order valence-corrected chi connectivity index (χ0v) is 14.4. The zero-order valence-electron chi connectivity index (χ0n) is 14.4. The summed E-state index contributed by atoms with van der Waals surface area (Å²) in [6.45, 7) is 4.04. The summed E-state index contributed by atoms with van der Waals surface area (Å²) < 4.78 is 0. The lowest BCUT2D eigenvalue weighted by Crippen LogP contribution is -2.29. The van der Waals surface area contributed by atoms with Crippen LogP contribution in [0.2, 0.25) is 0 Å². The van der Waals surface area contributed by atoms with Crippen LogP contribution < -0.4 is 15.5 Å². The van der Waals surface area contributed by atoms with Gasteiger partial charge in [-0.05, 0) is 36.2 Å². The quantitative estimate of drug-likeness (QED) is 0.851. The maximum Gasteiger partial charge on any atom is 0.321 e. The highest BCUT2D eigenvalue weighted by Gasteiger charge is 2.21. The van der Waals surface area contributed by atoms with Gasteiger partial charge in [0.25, 0.3) is 5.91 Å². The maximum atomic E-state index is 12.4. The van der Waals surface area contributed by atoms with E-state index in [0.717, 1.165) is 12.1 Å². The van der Waals surface area contributed by atoms with Crippen LogP contribution in [0.5, 0.6) is 0 Å². The van der Waals surface area contributed by atoms with Gasteiger partial charge in [-0.1, -0.05) is 37.3 Å². The number of carbonyl (C=O) groups is 2. The molecular weight excluding hydrogens is 314 g/mol. The predicted octanol–water partition coefficient (Wildman–Crippen LogP) is 3.14. The summed E-state index contributed by atoms with van der Waals surface area (Å²) in [6, 6.07) is 17.3. The number of nitrogens with zero attached hydrogens (tertiary/aromatic N) is 1. The Labute approximate surface area is 148 Å².